The summed E-state index contributed by atoms with van der Waals surface area (Å²) in [7, 11) is 0. The number of rotatable bonds is 4. The summed E-state index contributed by atoms with van der Waals surface area (Å²) in [6.07, 6.45) is 5.37. The predicted octanol–water partition coefficient (Wildman–Crippen LogP) is 5.17. The number of hydrogen-bond donors (Lipinski definition) is 0. The molecule has 0 aromatic heterocycles. The first-order chi connectivity index (χ1) is 9.63. The Morgan fingerprint density at radius 2 is 2.10 bits per heavy atom. The molecule has 0 bridgehead atoms. The summed E-state index contributed by atoms with van der Waals surface area (Å²) >= 11 is 1.52. The Labute approximate surface area is 123 Å². The van der Waals surface area contributed by atoms with Crippen LogP contribution in [0, 0.1) is 34.8 Å². The SMILES string of the molecule is CCCC1CCC(C#N)C(Sc2ccc(F)c(F)c2)C1. The van der Waals surface area contributed by atoms with Gasteiger partial charge in [0, 0.05) is 10.1 Å². The number of benzene rings is 1. The molecule has 1 nitrogen and oxygen atoms in total. The van der Waals surface area contributed by atoms with Crippen LogP contribution in [0.4, 0.5) is 8.78 Å². The van der Waals surface area contributed by atoms with E-state index in [0.717, 1.165) is 31.7 Å². The highest BCUT2D eigenvalue weighted by atomic mass is 32.2. The van der Waals surface area contributed by atoms with E-state index in [1.165, 1.54) is 24.2 Å². The maximum absolute atomic E-state index is 13.3. The highest BCUT2D eigenvalue weighted by Gasteiger charge is 2.31. The second-order valence-corrected chi connectivity index (χ2v) is 6.75. The molecule has 0 radical (unpaired) electrons. The lowest BCUT2D eigenvalue weighted by Gasteiger charge is -2.32. The molecule has 3 atom stereocenters. The van der Waals surface area contributed by atoms with Crippen molar-refractivity contribution in [2.24, 2.45) is 11.8 Å². The molecule has 1 aliphatic rings. The van der Waals surface area contributed by atoms with Gasteiger partial charge < -0.3 is 0 Å². The molecular weight excluding hydrogens is 276 g/mol. The molecule has 0 heterocycles. The van der Waals surface area contributed by atoms with E-state index in [1.807, 2.05) is 0 Å². The Balaban J connectivity index is 2.07. The Morgan fingerprint density at radius 3 is 2.75 bits per heavy atom. The van der Waals surface area contributed by atoms with E-state index in [-0.39, 0.29) is 11.2 Å². The lowest BCUT2D eigenvalue weighted by molar-refractivity contribution is 0.307. The van der Waals surface area contributed by atoms with Crippen LogP contribution in [0.2, 0.25) is 0 Å². The number of nitriles is 1. The van der Waals surface area contributed by atoms with Gasteiger partial charge in [-0.1, -0.05) is 19.8 Å². The first kappa shape index (κ1) is 15.3. The number of halogens is 2. The van der Waals surface area contributed by atoms with E-state index in [0.29, 0.717) is 10.8 Å². The van der Waals surface area contributed by atoms with Gasteiger partial charge in [-0.15, -0.1) is 11.8 Å². The van der Waals surface area contributed by atoms with E-state index < -0.39 is 11.6 Å². The topological polar surface area (TPSA) is 23.8 Å². The fourth-order valence-corrected chi connectivity index (χ4v) is 4.28. The van der Waals surface area contributed by atoms with Crippen LogP contribution in [-0.2, 0) is 0 Å². The van der Waals surface area contributed by atoms with Crippen molar-refractivity contribution in [2.75, 3.05) is 0 Å². The third-order valence-corrected chi connectivity index (χ3v) is 5.29. The van der Waals surface area contributed by atoms with Crippen LogP contribution in [0.1, 0.15) is 39.0 Å². The standard InChI is InChI=1S/C16H19F2NS/c1-2-3-11-4-5-12(10-19)16(8-11)20-13-6-7-14(17)15(18)9-13/h6-7,9,11-12,16H,2-5,8H2,1H3. The fourth-order valence-electron chi connectivity index (χ4n) is 2.89. The summed E-state index contributed by atoms with van der Waals surface area (Å²) in [6, 6.07) is 6.36. The van der Waals surface area contributed by atoms with Crippen molar-refractivity contribution in [1.29, 1.82) is 5.26 Å². The Bertz CT molecular complexity index is 498. The molecule has 2 rings (SSSR count). The zero-order valence-electron chi connectivity index (χ0n) is 11.6. The molecule has 3 unspecified atom stereocenters. The third-order valence-electron chi connectivity index (χ3n) is 3.94. The van der Waals surface area contributed by atoms with E-state index >= 15 is 0 Å². The summed E-state index contributed by atoms with van der Waals surface area (Å²) in [6.45, 7) is 2.17. The van der Waals surface area contributed by atoms with Crippen molar-refractivity contribution in [1.82, 2.24) is 0 Å². The van der Waals surface area contributed by atoms with E-state index in [1.54, 1.807) is 6.07 Å². The molecule has 108 valence electrons. The van der Waals surface area contributed by atoms with Gasteiger partial charge in [-0.05, 0) is 43.4 Å². The zero-order valence-corrected chi connectivity index (χ0v) is 12.4. The van der Waals surface area contributed by atoms with Gasteiger partial charge in [-0.25, -0.2) is 8.78 Å². The molecule has 20 heavy (non-hydrogen) atoms. The molecule has 0 saturated heterocycles. The van der Waals surface area contributed by atoms with Gasteiger partial charge in [0.25, 0.3) is 0 Å². The van der Waals surface area contributed by atoms with Gasteiger partial charge in [-0.2, -0.15) is 5.26 Å². The Morgan fingerprint density at radius 1 is 1.30 bits per heavy atom. The number of hydrogen-bond acceptors (Lipinski definition) is 2. The molecule has 0 aliphatic heterocycles. The monoisotopic (exact) mass is 295 g/mol. The molecule has 1 aliphatic carbocycles. The number of thioether (sulfide) groups is 1. The normalized spacial score (nSPS) is 26.2. The zero-order chi connectivity index (χ0) is 14.5. The molecular formula is C16H19F2NS. The Hall–Kier alpha value is -1.08. The van der Waals surface area contributed by atoms with Gasteiger partial charge in [0.15, 0.2) is 11.6 Å². The summed E-state index contributed by atoms with van der Waals surface area (Å²) in [5.74, 6) is -0.961. The van der Waals surface area contributed by atoms with Crippen LogP contribution in [-0.4, -0.2) is 5.25 Å². The summed E-state index contributed by atoms with van der Waals surface area (Å²) in [5.41, 5.74) is 0. The predicted molar refractivity (Wildman–Crippen MR) is 77.4 cm³/mol. The second kappa shape index (κ2) is 7.08. The highest BCUT2D eigenvalue weighted by molar-refractivity contribution is 8.00. The van der Waals surface area contributed by atoms with Crippen molar-refractivity contribution in [3.05, 3.63) is 29.8 Å². The minimum Gasteiger partial charge on any atom is -0.204 e. The molecule has 1 saturated carbocycles. The number of nitrogens with zero attached hydrogens (tertiary/aromatic N) is 1. The summed E-state index contributed by atoms with van der Waals surface area (Å²) in [5, 5.41) is 9.45. The van der Waals surface area contributed by atoms with Gasteiger partial charge in [0.05, 0.1) is 12.0 Å². The minimum absolute atomic E-state index is 0.0150. The summed E-state index contributed by atoms with van der Waals surface area (Å²) in [4.78, 5) is 0.714. The van der Waals surface area contributed by atoms with Crippen LogP contribution in [0.3, 0.4) is 0 Å². The molecule has 0 spiro atoms. The lowest BCUT2D eigenvalue weighted by Crippen LogP contribution is -2.26. The van der Waals surface area contributed by atoms with Crippen LogP contribution < -0.4 is 0 Å². The van der Waals surface area contributed by atoms with Gasteiger partial charge in [0.2, 0.25) is 0 Å². The smallest absolute Gasteiger partial charge is 0.159 e. The first-order valence-corrected chi connectivity index (χ1v) is 8.03. The van der Waals surface area contributed by atoms with Crippen LogP contribution in [0.25, 0.3) is 0 Å². The molecule has 1 aromatic carbocycles. The minimum atomic E-state index is -0.821. The van der Waals surface area contributed by atoms with Crippen molar-refractivity contribution < 1.29 is 8.78 Å². The van der Waals surface area contributed by atoms with Gasteiger partial charge >= 0.3 is 0 Å². The van der Waals surface area contributed by atoms with Crippen molar-refractivity contribution in [2.45, 2.75) is 49.2 Å². The van der Waals surface area contributed by atoms with Crippen molar-refractivity contribution in [3.8, 4) is 6.07 Å². The third kappa shape index (κ3) is 3.73. The van der Waals surface area contributed by atoms with Gasteiger partial charge in [-0.3, -0.25) is 0 Å². The molecule has 1 fully saturated rings. The van der Waals surface area contributed by atoms with E-state index in [9.17, 15) is 14.0 Å². The van der Waals surface area contributed by atoms with E-state index in [4.69, 9.17) is 0 Å². The molecule has 1 aromatic rings. The van der Waals surface area contributed by atoms with Crippen LogP contribution in [0.15, 0.2) is 23.1 Å². The molecule has 0 amide bonds. The average molecular weight is 295 g/mol. The largest absolute Gasteiger partial charge is 0.204 e. The highest BCUT2D eigenvalue weighted by Crippen LogP contribution is 2.41. The van der Waals surface area contributed by atoms with Crippen molar-refractivity contribution >= 4 is 11.8 Å². The maximum Gasteiger partial charge on any atom is 0.159 e. The van der Waals surface area contributed by atoms with Crippen LogP contribution in [0.5, 0.6) is 0 Å². The van der Waals surface area contributed by atoms with Gasteiger partial charge in [0.1, 0.15) is 0 Å². The maximum atomic E-state index is 13.3. The average Bonchev–Trinajstić information content (AvgIpc) is 2.44. The van der Waals surface area contributed by atoms with Crippen LogP contribution >= 0.6 is 11.8 Å². The quantitative estimate of drug-likeness (QED) is 0.765. The molecule has 4 heteroatoms. The lowest BCUT2D eigenvalue weighted by atomic mass is 9.80. The fraction of sp³-hybridized carbons (Fsp3) is 0.562. The second-order valence-electron chi connectivity index (χ2n) is 5.44. The van der Waals surface area contributed by atoms with E-state index in [2.05, 4.69) is 13.0 Å². The summed E-state index contributed by atoms with van der Waals surface area (Å²) < 4.78 is 26.2. The van der Waals surface area contributed by atoms with Crippen molar-refractivity contribution in [3.63, 3.8) is 0 Å². The first-order valence-electron chi connectivity index (χ1n) is 7.15. The molecule has 0 N–H and O–H groups in total. The Kier molecular flexibility index (Phi) is 5.42.